The van der Waals surface area contributed by atoms with Crippen molar-refractivity contribution in [3.63, 3.8) is 0 Å². The van der Waals surface area contributed by atoms with Crippen LogP contribution in [-0.4, -0.2) is 247 Å². The van der Waals surface area contributed by atoms with Crippen LogP contribution in [0, 0.1) is 5.92 Å². The van der Waals surface area contributed by atoms with Crippen LogP contribution >= 0.6 is 23.7 Å². The lowest BCUT2D eigenvalue weighted by molar-refractivity contribution is -0.870. The summed E-state index contributed by atoms with van der Waals surface area (Å²) >= 11 is 1.39. The summed E-state index contributed by atoms with van der Waals surface area (Å²) in [5.41, 5.74) is 1.57. The molecule has 93 heavy (non-hydrogen) atoms. The number of hydrogen-bond acceptors (Lipinski definition) is 24. The number of carbonyl (C=O) groups is 7. The van der Waals surface area contributed by atoms with Crippen molar-refractivity contribution >= 4 is 65.0 Å². The number of fused-ring (bicyclic) bond motifs is 2. The first-order valence-electron chi connectivity index (χ1n) is 30.6. The second-order valence-electron chi connectivity index (χ2n) is 24.5. The number of aliphatic hydroxyl groups excluding tert-OH is 6. The fourth-order valence-electron chi connectivity index (χ4n) is 11.0. The first-order chi connectivity index (χ1) is 44.3. The van der Waals surface area contributed by atoms with Gasteiger partial charge in [0.1, 0.15) is 52.0 Å². The van der Waals surface area contributed by atoms with Crippen LogP contribution in [-0.2, 0) is 49.3 Å². The van der Waals surface area contributed by atoms with Gasteiger partial charge >= 0.3 is 0 Å². The van der Waals surface area contributed by atoms with Crippen molar-refractivity contribution < 1.29 is 102 Å². The number of β-amino-alcohol motifs (C(OH)–C–C–N with tert-alkyl or cyclic N) is 1. The minimum atomic E-state index is -2.09. The van der Waals surface area contributed by atoms with E-state index >= 15 is 0 Å². The second-order valence-corrected chi connectivity index (χ2v) is 25.9. The number of nitrogens with zero attached hydrogens (tertiary/aromatic N) is 5. The van der Waals surface area contributed by atoms with E-state index in [4.69, 9.17) is 18.9 Å². The van der Waals surface area contributed by atoms with Gasteiger partial charge in [0.15, 0.2) is 11.5 Å². The Morgan fingerprint density at radius 2 is 1.38 bits per heavy atom. The first kappa shape index (κ1) is 73.2. The Balaban J connectivity index is 1.16. The molecule has 3 aromatic carbocycles. The van der Waals surface area contributed by atoms with Gasteiger partial charge in [-0.2, -0.15) is 0 Å². The van der Waals surface area contributed by atoms with Crippen LogP contribution in [0.5, 0.6) is 17.2 Å². The maximum atomic E-state index is 15.0. The summed E-state index contributed by atoms with van der Waals surface area (Å²) in [6.45, 7) is 2.74. The minimum absolute atomic E-state index is 0.0263. The van der Waals surface area contributed by atoms with E-state index in [1.165, 1.54) is 35.6 Å². The van der Waals surface area contributed by atoms with Gasteiger partial charge in [-0.1, -0.05) is 65.1 Å². The lowest BCUT2D eigenvalue weighted by atomic mass is 9.98. The molecule has 0 aliphatic carbocycles. The number of aromatic hydroxyl groups is 1. The van der Waals surface area contributed by atoms with Gasteiger partial charge < -0.3 is 90.3 Å². The lowest BCUT2D eigenvalue weighted by Crippen LogP contribution is -2.64. The van der Waals surface area contributed by atoms with Crippen molar-refractivity contribution in [3.05, 3.63) is 77.9 Å². The van der Waals surface area contributed by atoms with E-state index in [2.05, 4.69) is 46.2 Å². The van der Waals surface area contributed by atoms with Crippen LogP contribution in [0.2, 0.25) is 0 Å². The summed E-state index contributed by atoms with van der Waals surface area (Å²) < 4.78 is 20.7. The number of aliphatic hydroxyl groups is 6. The number of ether oxygens (including phenoxy) is 2. The smallest absolute Gasteiger partial charge is 0.261 e. The molecule has 0 spiro atoms. The third-order valence-corrected chi connectivity index (χ3v) is 17.6. The van der Waals surface area contributed by atoms with Gasteiger partial charge in [-0.05, 0) is 73.9 Å². The molecule has 13 atom stereocenters. The number of phenols is 1. The molecule has 0 saturated carbocycles. The molecule has 4 aromatic rings. The molecule has 7 amide bonds. The van der Waals surface area contributed by atoms with Crippen LogP contribution in [0.4, 0.5) is 0 Å². The summed E-state index contributed by atoms with van der Waals surface area (Å²) in [5.74, 6) is -8.43. The predicted octanol–water partition coefficient (Wildman–Crippen LogP) is -0.0386. The van der Waals surface area contributed by atoms with Gasteiger partial charge in [0.2, 0.25) is 35.4 Å². The number of aromatic nitrogens is 2. The van der Waals surface area contributed by atoms with Crippen LogP contribution in [0.25, 0.3) is 21.1 Å². The Morgan fingerprint density at radius 1 is 0.753 bits per heavy atom. The summed E-state index contributed by atoms with van der Waals surface area (Å²) in [7, 11) is 7.09. The fourth-order valence-corrected chi connectivity index (χ4v) is 12.1. The lowest BCUT2D eigenvalue weighted by Gasteiger charge is -2.34. The molecule has 1 aromatic heterocycles. The highest BCUT2D eigenvalue weighted by Gasteiger charge is 2.50. The SMILES string of the molecule is COCCCCCCCOc1ccc(-c2nnc(-c3ccc(C(=O)N[C@H]4C[C@@H](O)CNC(=O)[C@@H]5[C@@H](O)[C@H](C)CN5C(=O)[C@H]([C@H](O)CC[N+](C)(C)C)NC(=O)[C@H]([C@H](O)Cc5ccc(O)c(OSOOO)c5)NC(=O)[C@@H]5C[C@@H](O)CN5C(=O)[C@H]([C@@H](C)O)NC4=O)cc3)s2)cc1. The maximum absolute atomic E-state index is 15.0. The zero-order valence-electron chi connectivity index (χ0n) is 52.5. The zero-order valence-corrected chi connectivity index (χ0v) is 54.1. The molecule has 510 valence electrons. The average molecular weight is 1340 g/mol. The number of amides is 7. The summed E-state index contributed by atoms with van der Waals surface area (Å²) in [4.78, 5) is 104. The molecule has 0 radical (unpaired) electrons. The molecule has 30 nitrogen and oxygen atoms in total. The number of benzene rings is 3. The van der Waals surface area contributed by atoms with Gasteiger partial charge in [0.25, 0.3) is 18.2 Å². The molecule has 0 unspecified atom stereocenters. The number of rotatable bonds is 25. The monoisotopic (exact) mass is 1340 g/mol. The Hall–Kier alpha value is -7.18. The molecule has 7 rings (SSSR count). The molecular weight excluding hydrogens is 1260 g/mol. The van der Waals surface area contributed by atoms with Crippen molar-refractivity contribution in [2.75, 3.05) is 67.6 Å². The molecule has 3 fully saturated rings. The predicted molar refractivity (Wildman–Crippen MR) is 335 cm³/mol. The normalized spacial score (nSPS) is 24.7. The maximum Gasteiger partial charge on any atom is 0.261 e. The van der Waals surface area contributed by atoms with Gasteiger partial charge in [0.05, 0.1) is 70.9 Å². The average Bonchev–Trinajstić information content (AvgIpc) is 1.72. The van der Waals surface area contributed by atoms with Crippen molar-refractivity contribution in [1.29, 1.82) is 0 Å². The minimum Gasteiger partial charge on any atom is -0.504 e. The van der Waals surface area contributed by atoms with Crippen molar-refractivity contribution in [1.82, 2.24) is 46.6 Å². The van der Waals surface area contributed by atoms with E-state index in [-0.39, 0.29) is 53.2 Å². The van der Waals surface area contributed by atoms with E-state index in [1.807, 2.05) is 24.3 Å². The molecule has 32 heteroatoms. The molecule has 3 aliphatic heterocycles. The second kappa shape index (κ2) is 34.3. The molecule has 0 bridgehead atoms. The van der Waals surface area contributed by atoms with Crippen LogP contribution in [0.15, 0.2) is 66.7 Å². The third kappa shape index (κ3) is 20.4. The zero-order chi connectivity index (χ0) is 67.7. The van der Waals surface area contributed by atoms with E-state index in [0.717, 1.165) is 72.8 Å². The number of quaternary nitrogens is 1. The van der Waals surface area contributed by atoms with E-state index in [9.17, 15) is 69.3 Å². The number of carbonyl (C=O) groups excluding carboxylic acids is 7. The summed E-state index contributed by atoms with van der Waals surface area (Å²) in [5, 5.41) is 114. The number of unbranched alkanes of at least 4 members (excludes halogenated alkanes) is 4. The standard InChI is InChI=1S/C61H84N10O20S2/c1-33-31-70-51(52(33)78)57(83)62-30-39(73)28-42(63-53(79)36-13-15-37(16-14-36)58-67-68-59(92-58)38-17-19-41(20-18-38)88-25-11-9-7-8-10-24-87-6)54(80)64-48(34(2)72)60(84)69-32-40(74)29-43(69)55(81)65-49(56(82)66-50(61(70)85)45(76)22-23-71(3,4)5)46(77)26-35-12-21-44(75)47(27-35)89-93-91-90-86/h12-21,27,33-34,39-40,42-43,45-46,48-52,72-74,76-78H,7-11,22-26,28-32H2,1-6H3,(H6-,62,63,64,65,66,75,79,80,81,82,83,86)/p+1/t33-,34-,39-,40-,42+,43+,45-,46-,48+,49+,50+,51+,52+/m1/s1. The highest BCUT2D eigenvalue weighted by molar-refractivity contribution is 7.90. The van der Waals surface area contributed by atoms with Crippen molar-refractivity contribution in [2.45, 2.75) is 145 Å². The summed E-state index contributed by atoms with van der Waals surface area (Å²) in [6, 6.07) is 6.20. The molecule has 3 aliphatic rings. The fraction of sp³-hybridized carbons (Fsp3) is 0.557. The molecule has 3 saturated heterocycles. The first-order valence-corrected chi connectivity index (χ1v) is 32.0. The largest absolute Gasteiger partial charge is 0.504 e. The van der Waals surface area contributed by atoms with Crippen molar-refractivity contribution in [2.24, 2.45) is 5.92 Å². The van der Waals surface area contributed by atoms with Gasteiger partial charge in [-0.25, -0.2) is 5.26 Å². The van der Waals surface area contributed by atoms with E-state index in [0.29, 0.717) is 22.2 Å². The number of nitrogens with one attached hydrogen (secondary N) is 5. The van der Waals surface area contributed by atoms with Gasteiger partial charge in [0, 0.05) is 81.6 Å². The van der Waals surface area contributed by atoms with E-state index in [1.54, 1.807) is 47.3 Å². The number of hydrogen-bond donors (Lipinski definition) is 13. The highest BCUT2D eigenvalue weighted by Crippen LogP contribution is 2.33. The van der Waals surface area contributed by atoms with Crippen LogP contribution < -0.4 is 35.5 Å². The van der Waals surface area contributed by atoms with Crippen LogP contribution in [0.1, 0.15) is 81.1 Å². The Morgan fingerprint density at radius 3 is 2.02 bits per heavy atom. The Kier molecular flexibility index (Phi) is 27.0. The quantitative estimate of drug-likeness (QED) is 0.0136. The molecule has 4 heterocycles. The van der Waals surface area contributed by atoms with Gasteiger partial charge in [-0.15, -0.1) is 10.2 Å². The number of phenolic OH excluding ortho intramolecular Hbond substituents is 1. The highest BCUT2D eigenvalue weighted by atomic mass is 32.2. The topological polar surface area (TPSA) is 420 Å². The molecular formula is C61H85N10O20S2+. The summed E-state index contributed by atoms with van der Waals surface area (Å²) in [6.07, 6.45) is -6.67. The van der Waals surface area contributed by atoms with Crippen LogP contribution in [0.3, 0.4) is 0 Å². The molecule has 13 N–H and O–H groups in total. The van der Waals surface area contributed by atoms with Gasteiger partial charge in [-0.3, -0.25) is 33.6 Å². The Bertz CT molecular complexity index is 3160. The number of methoxy groups -OCH3 is 1. The Labute approximate surface area is 545 Å². The third-order valence-electron chi connectivity index (χ3n) is 16.2. The van der Waals surface area contributed by atoms with Crippen molar-refractivity contribution in [3.8, 4) is 38.4 Å². The van der Waals surface area contributed by atoms with E-state index < -0.39 is 158 Å².